The average molecular weight is 320 g/mol. The molecule has 0 aliphatic rings. The van der Waals surface area contributed by atoms with Crippen molar-refractivity contribution in [3.63, 3.8) is 0 Å². The maximum absolute atomic E-state index is 11.8. The van der Waals surface area contributed by atoms with Crippen LogP contribution in [0, 0.1) is 11.3 Å². The van der Waals surface area contributed by atoms with Gasteiger partial charge in [-0.2, -0.15) is 5.26 Å². The van der Waals surface area contributed by atoms with E-state index in [1.54, 1.807) is 39.0 Å². The van der Waals surface area contributed by atoms with E-state index in [9.17, 15) is 9.59 Å². The van der Waals surface area contributed by atoms with Gasteiger partial charge in [-0.15, -0.1) is 0 Å². The fourth-order valence-corrected chi connectivity index (χ4v) is 1.60. The molecular formula is C16H20N2O5. The molecule has 1 amide bonds. The monoisotopic (exact) mass is 320 g/mol. The molecule has 0 heterocycles. The summed E-state index contributed by atoms with van der Waals surface area (Å²) < 4.78 is 15.2. The maximum Gasteiger partial charge on any atom is 0.408 e. The van der Waals surface area contributed by atoms with Gasteiger partial charge in [-0.3, -0.25) is 0 Å². The van der Waals surface area contributed by atoms with E-state index in [4.69, 9.17) is 14.7 Å². The number of ether oxygens (including phenoxy) is 3. The third kappa shape index (κ3) is 6.70. The van der Waals surface area contributed by atoms with Gasteiger partial charge < -0.3 is 19.5 Å². The number of esters is 1. The molecule has 0 unspecified atom stereocenters. The molecule has 0 aromatic heterocycles. The number of rotatable bonds is 5. The van der Waals surface area contributed by atoms with Gasteiger partial charge in [0.2, 0.25) is 0 Å². The second kappa shape index (κ2) is 8.03. The molecule has 0 spiro atoms. The Hall–Kier alpha value is -2.75. The zero-order chi connectivity index (χ0) is 17.5. The third-order valence-corrected chi connectivity index (χ3v) is 2.56. The number of hydrogen-bond donors (Lipinski definition) is 1. The van der Waals surface area contributed by atoms with Gasteiger partial charge in [0.15, 0.2) is 6.04 Å². The van der Waals surface area contributed by atoms with E-state index in [2.05, 4.69) is 10.1 Å². The first-order valence-electron chi connectivity index (χ1n) is 6.95. The quantitative estimate of drug-likeness (QED) is 0.833. The molecule has 0 radical (unpaired) electrons. The summed E-state index contributed by atoms with van der Waals surface area (Å²) in [7, 11) is 1.21. The third-order valence-electron chi connectivity index (χ3n) is 2.56. The highest BCUT2D eigenvalue weighted by Gasteiger charge is 2.25. The first kappa shape index (κ1) is 18.3. The van der Waals surface area contributed by atoms with Gasteiger partial charge in [-0.05, 0) is 39.0 Å². The summed E-state index contributed by atoms with van der Waals surface area (Å²) in [6, 6.07) is 7.41. The second-order valence-electron chi connectivity index (χ2n) is 5.67. The van der Waals surface area contributed by atoms with Crippen LogP contribution in [0.1, 0.15) is 26.3 Å². The van der Waals surface area contributed by atoms with Crippen LogP contribution in [0.2, 0.25) is 0 Å². The highest BCUT2D eigenvalue weighted by atomic mass is 16.6. The highest BCUT2D eigenvalue weighted by molar-refractivity contribution is 5.81. The summed E-state index contributed by atoms with van der Waals surface area (Å²) in [6.45, 7) is 4.98. The van der Waals surface area contributed by atoms with E-state index in [1.165, 1.54) is 13.2 Å². The minimum atomic E-state index is -1.03. The smallest absolute Gasteiger partial charge is 0.408 e. The van der Waals surface area contributed by atoms with Crippen molar-refractivity contribution in [1.82, 2.24) is 5.32 Å². The molecule has 23 heavy (non-hydrogen) atoms. The van der Waals surface area contributed by atoms with Crippen molar-refractivity contribution in [3.05, 3.63) is 29.8 Å². The van der Waals surface area contributed by atoms with E-state index in [0.29, 0.717) is 11.3 Å². The van der Waals surface area contributed by atoms with Crippen molar-refractivity contribution in [2.24, 2.45) is 0 Å². The molecule has 1 atom stereocenters. The largest absolute Gasteiger partial charge is 0.491 e. The zero-order valence-electron chi connectivity index (χ0n) is 13.6. The molecule has 7 heteroatoms. The Kier molecular flexibility index (Phi) is 6.39. The van der Waals surface area contributed by atoms with Gasteiger partial charge >= 0.3 is 12.1 Å². The van der Waals surface area contributed by atoms with Crippen LogP contribution in [-0.4, -0.2) is 37.4 Å². The number of alkyl carbamates (subject to hydrolysis) is 1. The molecule has 7 nitrogen and oxygen atoms in total. The Bertz CT molecular complexity index is 601. The molecule has 1 aromatic carbocycles. The molecule has 0 aliphatic heterocycles. The summed E-state index contributed by atoms with van der Waals surface area (Å²) >= 11 is 0. The lowest BCUT2D eigenvalue weighted by Crippen LogP contribution is -2.47. The van der Waals surface area contributed by atoms with Gasteiger partial charge in [-0.1, -0.05) is 6.07 Å². The Morgan fingerprint density at radius 1 is 1.35 bits per heavy atom. The van der Waals surface area contributed by atoms with Crippen LogP contribution in [0.5, 0.6) is 5.75 Å². The fraction of sp³-hybridized carbons (Fsp3) is 0.438. The number of nitriles is 1. The summed E-state index contributed by atoms with van der Waals surface area (Å²) in [5.41, 5.74) is -0.260. The van der Waals surface area contributed by atoms with E-state index in [-0.39, 0.29) is 6.61 Å². The van der Waals surface area contributed by atoms with Crippen molar-refractivity contribution in [1.29, 1.82) is 5.26 Å². The lowest BCUT2D eigenvalue weighted by Gasteiger charge is -2.22. The number of nitrogens with zero attached hydrogens (tertiary/aromatic N) is 1. The molecule has 0 bridgehead atoms. The Labute approximate surface area is 135 Å². The maximum atomic E-state index is 11.8. The van der Waals surface area contributed by atoms with Crippen LogP contribution in [0.4, 0.5) is 4.79 Å². The highest BCUT2D eigenvalue weighted by Crippen LogP contribution is 2.13. The minimum absolute atomic E-state index is 0.152. The summed E-state index contributed by atoms with van der Waals surface area (Å²) in [4.78, 5) is 23.5. The summed E-state index contributed by atoms with van der Waals surface area (Å²) in [5.74, 6) is -0.253. The average Bonchev–Trinajstić information content (AvgIpc) is 2.49. The van der Waals surface area contributed by atoms with Crippen LogP contribution in [0.3, 0.4) is 0 Å². The van der Waals surface area contributed by atoms with Crippen LogP contribution in [0.25, 0.3) is 0 Å². The molecule has 0 fully saturated rings. The van der Waals surface area contributed by atoms with Gasteiger partial charge in [0.05, 0.1) is 18.7 Å². The number of benzene rings is 1. The van der Waals surface area contributed by atoms with Crippen LogP contribution in [-0.2, 0) is 14.3 Å². The number of methoxy groups -OCH3 is 1. The SMILES string of the molecule is COC(=O)[C@@H](COc1cccc(C#N)c1)NC(=O)OC(C)(C)C. The van der Waals surface area contributed by atoms with Crippen molar-refractivity contribution >= 4 is 12.1 Å². The second-order valence-corrected chi connectivity index (χ2v) is 5.67. The normalized spacial score (nSPS) is 11.8. The van der Waals surface area contributed by atoms with E-state index in [0.717, 1.165) is 0 Å². The first-order chi connectivity index (χ1) is 10.7. The molecule has 1 N–H and O–H groups in total. The van der Waals surface area contributed by atoms with Crippen molar-refractivity contribution in [2.45, 2.75) is 32.4 Å². The predicted molar refractivity (Wildman–Crippen MR) is 81.8 cm³/mol. The van der Waals surface area contributed by atoms with Gasteiger partial charge in [0, 0.05) is 0 Å². The molecular weight excluding hydrogens is 300 g/mol. The lowest BCUT2D eigenvalue weighted by atomic mass is 10.2. The fourth-order valence-electron chi connectivity index (χ4n) is 1.60. The van der Waals surface area contributed by atoms with E-state index >= 15 is 0 Å². The van der Waals surface area contributed by atoms with E-state index < -0.39 is 23.7 Å². The Balaban J connectivity index is 2.70. The van der Waals surface area contributed by atoms with Crippen molar-refractivity contribution < 1.29 is 23.8 Å². The molecule has 1 rings (SSSR count). The molecule has 0 aliphatic carbocycles. The summed E-state index contributed by atoms with van der Waals surface area (Å²) in [5, 5.41) is 11.2. The van der Waals surface area contributed by atoms with Gasteiger partial charge in [0.25, 0.3) is 0 Å². The van der Waals surface area contributed by atoms with E-state index in [1.807, 2.05) is 6.07 Å². The van der Waals surface area contributed by atoms with Gasteiger partial charge in [0.1, 0.15) is 18.0 Å². The van der Waals surface area contributed by atoms with Crippen LogP contribution in [0.15, 0.2) is 24.3 Å². The van der Waals surface area contributed by atoms with Crippen LogP contribution >= 0.6 is 0 Å². The standard InChI is InChI=1S/C16H20N2O5/c1-16(2,3)23-15(20)18-13(14(19)21-4)10-22-12-7-5-6-11(8-12)9-17/h5-8,13H,10H2,1-4H3,(H,18,20)/t13-/m1/s1. The topological polar surface area (TPSA) is 97.6 Å². The Morgan fingerprint density at radius 2 is 2.04 bits per heavy atom. The van der Waals surface area contributed by atoms with Gasteiger partial charge in [-0.25, -0.2) is 9.59 Å². The summed E-state index contributed by atoms with van der Waals surface area (Å²) in [6.07, 6.45) is -0.748. The lowest BCUT2D eigenvalue weighted by molar-refractivity contribution is -0.143. The number of carbonyl (C=O) groups excluding carboxylic acids is 2. The minimum Gasteiger partial charge on any atom is -0.491 e. The predicted octanol–water partition coefficient (Wildman–Crippen LogP) is 2.00. The molecule has 124 valence electrons. The van der Waals surface area contributed by atoms with Crippen molar-refractivity contribution in [3.8, 4) is 11.8 Å². The molecule has 1 aromatic rings. The first-order valence-corrected chi connectivity index (χ1v) is 6.95. The number of nitrogens with one attached hydrogen (secondary N) is 1. The van der Waals surface area contributed by atoms with Crippen LogP contribution < -0.4 is 10.1 Å². The molecule has 0 saturated heterocycles. The number of amides is 1. The zero-order valence-corrected chi connectivity index (χ0v) is 13.6. The number of carbonyl (C=O) groups is 2. The number of hydrogen-bond acceptors (Lipinski definition) is 6. The van der Waals surface area contributed by atoms with Crippen molar-refractivity contribution in [2.75, 3.05) is 13.7 Å². The molecule has 0 saturated carbocycles. The Morgan fingerprint density at radius 3 is 2.61 bits per heavy atom.